The van der Waals surface area contributed by atoms with Gasteiger partial charge < -0.3 is 4.74 Å². The van der Waals surface area contributed by atoms with Gasteiger partial charge in [0.25, 0.3) is 0 Å². The number of carbonyl (C=O) groups excluding carboxylic acids is 1. The molecule has 0 saturated heterocycles. The van der Waals surface area contributed by atoms with E-state index in [0.717, 1.165) is 34.8 Å². The number of Topliss-reactive ketones (excluding diaryl/α,β-unsaturated/α-hetero) is 1. The van der Waals surface area contributed by atoms with E-state index in [1.165, 1.54) is 5.56 Å². The number of hydrogen-bond donors (Lipinski definition) is 0. The molecule has 0 saturated carbocycles. The fourth-order valence-electron chi connectivity index (χ4n) is 3.66. The van der Waals surface area contributed by atoms with Crippen molar-refractivity contribution in [3.05, 3.63) is 77.1 Å². The summed E-state index contributed by atoms with van der Waals surface area (Å²) in [6.45, 7) is 1.92. The van der Waals surface area contributed by atoms with Gasteiger partial charge in [-0.1, -0.05) is 30.3 Å². The zero-order valence-corrected chi connectivity index (χ0v) is 14.4. The van der Waals surface area contributed by atoms with E-state index < -0.39 is 0 Å². The van der Waals surface area contributed by atoms with Gasteiger partial charge in [0.1, 0.15) is 5.75 Å². The van der Waals surface area contributed by atoms with Crippen LogP contribution in [-0.2, 0) is 6.42 Å². The number of ketones is 1. The molecule has 0 N–H and O–H groups in total. The van der Waals surface area contributed by atoms with Crippen LogP contribution in [0, 0.1) is 6.92 Å². The number of rotatable bonds is 3. The highest BCUT2D eigenvalue weighted by atomic mass is 16.5. The number of fused-ring (bicyclic) bond motifs is 1. The maximum Gasteiger partial charge on any atom is 0.167 e. The van der Waals surface area contributed by atoms with Crippen LogP contribution in [0.15, 0.2) is 54.6 Å². The van der Waals surface area contributed by atoms with Gasteiger partial charge in [-0.2, -0.15) is 5.10 Å². The van der Waals surface area contributed by atoms with Crippen LogP contribution >= 0.6 is 0 Å². The van der Waals surface area contributed by atoms with Gasteiger partial charge in [0.2, 0.25) is 0 Å². The molecule has 1 atom stereocenters. The second-order valence-electron chi connectivity index (χ2n) is 6.46. The number of methoxy groups -OCH3 is 1. The third-order valence-electron chi connectivity index (χ3n) is 4.89. The van der Waals surface area contributed by atoms with Gasteiger partial charge in [-0.25, -0.2) is 4.68 Å². The molecule has 0 fully saturated rings. The van der Waals surface area contributed by atoms with Crippen molar-refractivity contribution in [3.63, 3.8) is 0 Å². The minimum Gasteiger partial charge on any atom is -0.497 e. The van der Waals surface area contributed by atoms with E-state index in [2.05, 4.69) is 17.2 Å². The Kier molecular flexibility index (Phi) is 3.88. The first-order chi connectivity index (χ1) is 12.2. The normalized spacial score (nSPS) is 16.6. The highest BCUT2D eigenvalue weighted by molar-refractivity contribution is 6.00. The van der Waals surface area contributed by atoms with E-state index in [1.807, 2.05) is 54.1 Å². The molecule has 0 amide bonds. The van der Waals surface area contributed by atoms with Crippen molar-refractivity contribution in [2.75, 3.05) is 7.11 Å². The summed E-state index contributed by atoms with van der Waals surface area (Å²) < 4.78 is 7.14. The molecule has 0 aliphatic heterocycles. The first-order valence-electron chi connectivity index (χ1n) is 8.48. The largest absolute Gasteiger partial charge is 0.497 e. The summed E-state index contributed by atoms with van der Waals surface area (Å²) in [4.78, 5) is 12.8. The summed E-state index contributed by atoms with van der Waals surface area (Å²) in [5.41, 5.74) is 4.77. The average molecular weight is 332 g/mol. The number of ether oxygens (including phenoxy) is 1. The van der Waals surface area contributed by atoms with Crippen LogP contribution in [0.2, 0.25) is 0 Å². The SMILES string of the molecule is COc1ccc(-n2nc(C)c3c2C[C@@H](c2ccccc2)CC3=O)cc1. The summed E-state index contributed by atoms with van der Waals surface area (Å²) in [7, 11) is 1.65. The highest BCUT2D eigenvalue weighted by Gasteiger charge is 2.31. The lowest BCUT2D eigenvalue weighted by atomic mass is 9.81. The number of carbonyl (C=O) groups is 1. The summed E-state index contributed by atoms with van der Waals surface area (Å²) in [5.74, 6) is 1.20. The molecule has 0 unspecified atom stereocenters. The third kappa shape index (κ3) is 2.74. The molecule has 4 nitrogen and oxygen atoms in total. The molecule has 0 spiro atoms. The molecule has 0 radical (unpaired) electrons. The predicted molar refractivity (Wildman–Crippen MR) is 96.7 cm³/mol. The Morgan fingerprint density at radius 1 is 1.04 bits per heavy atom. The molecule has 0 bridgehead atoms. The van der Waals surface area contributed by atoms with Gasteiger partial charge in [0, 0.05) is 6.42 Å². The number of benzene rings is 2. The van der Waals surface area contributed by atoms with E-state index in [4.69, 9.17) is 4.74 Å². The third-order valence-corrected chi connectivity index (χ3v) is 4.89. The molecule has 4 rings (SSSR count). The van der Waals surface area contributed by atoms with Gasteiger partial charge in [0.15, 0.2) is 5.78 Å². The lowest BCUT2D eigenvalue weighted by Gasteiger charge is -2.23. The van der Waals surface area contributed by atoms with Crippen molar-refractivity contribution in [2.45, 2.75) is 25.7 Å². The van der Waals surface area contributed by atoms with Crippen LogP contribution in [-0.4, -0.2) is 22.7 Å². The molecular weight excluding hydrogens is 312 g/mol. The number of nitrogens with zero attached hydrogens (tertiary/aromatic N) is 2. The Balaban J connectivity index is 1.77. The summed E-state index contributed by atoms with van der Waals surface area (Å²) in [6, 6.07) is 18.0. The van der Waals surface area contributed by atoms with Crippen molar-refractivity contribution in [2.24, 2.45) is 0 Å². The minimum absolute atomic E-state index is 0.187. The van der Waals surface area contributed by atoms with Crippen molar-refractivity contribution < 1.29 is 9.53 Å². The van der Waals surface area contributed by atoms with Crippen molar-refractivity contribution >= 4 is 5.78 Å². The second-order valence-corrected chi connectivity index (χ2v) is 6.46. The molecule has 2 aromatic carbocycles. The number of hydrogen-bond acceptors (Lipinski definition) is 3. The Labute approximate surface area is 147 Å². The predicted octanol–water partition coefficient (Wildman–Crippen LogP) is 4.10. The van der Waals surface area contributed by atoms with Gasteiger partial charge >= 0.3 is 0 Å². The van der Waals surface area contributed by atoms with E-state index in [0.29, 0.717) is 6.42 Å². The fraction of sp³-hybridized carbons (Fsp3) is 0.238. The highest BCUT2D eigenvalue weighted by Crippen LogP contribution is 2.35. The molecular formula is C21H20N2O2. The Bertz CT molecular complexity index is 911. The van der Waals surface area contributed by atoms with E-state index in [9.17, 15) is 4.79 Å². The van der Waals surface area contributed by atoms with Gasteiger partial charge in [0.05, 0.1) is 29.7 Å². The van der Waals surface area contributed by atoms with Crippen LogP contribution in [0.1, 0.15) is 39.6 Å². The maximum absolute atomic E-state index is 12.8. The Morgan fingerprint density at radius 2 is 1.76 bits per heavy atom. The Morgan fingerprint density at radius 3 is 2.44 bits per heavy atom. The van der Waals surface area contributed by atoms with Crippen LogP contribution < -0.4 is 4.74 Å². The molecule has 1 aliphatic carbocycles. The first kappa shape index (κ1) is 15.6. The molecule has 25 heavy (non-hydrogen) atoms. The topological polar surface area (TPSA) is 44.1 Å². The monoisotopic (exact) mass is 332 g/mol. The zero-order valence-electron chi connectivity index (χ0n) is 14.4. The fourth-order valence-corrected chi connectivity index (χ4v) is 3.66. The van der Waals surface area contributed by atoms with Crippen LogP contribution in [0.3, 0.4) is 0 Å². The van der Waals surface area contributed by atoms with Gasteiger partial charge in [-0.15, -0.1) is 0 Å². The van der Waals surface area contributed by atoms with Crippen LogP contribution in [0.5, 0.6) is 5.75 Å². The van der Waals surface area contributed by atoms with E-state index >= 15 is 0 Å². The average Bonchev–Trinajstić information content (AvgIpc) is 2.99. The van der Waals surface area contributed by atoms with Crippen molar-refractivity contribution in [1.29, 1.82) is 0 Å². The summed E-state index contributed by atoms with van der Waals surface area (Å²) in [6.07, 6.45) is 1.37. The maximum atomic E-state index is 12.8. The molecule has 1 aromatic heterocycles. The molecule has 1 heterocycles. The molecule has 126 valence electrons. The standard InChI is InChI=1S/C21H20N2O2/c1-14-21-19(23(22-14)17-8-10-18(25-2)11-9-17)12-16(13-20(21)24)15-6-4-3-5-7-15/h3-11,16H,12-13H2,1-2H3/t16-/m1/s1. The summed E-state index contributed by atoms with van der Waals surface area (Å²) >= 11 is 0. The summed E-state index contributed by atoms with van der Waals surface area (Å²) in [5, 5.41) is 4.65. The minimum atomic E-state index is 0.187. The Hall–Kier alpha value is -2.88. The van der Waals surface area contributed by atoms with Gasteiger partial charge in [-0.3, -0.25) is 4.79 Å². The quantitative estimate of drug-likeness (QED) is 0.725. The molecule has 1 aliphatic rings. The lowest BCUT2D eigenvalue weighted by Crippen LogP contribution is -2.20. The van der Waals surface area contributed by atoms with Crippen molar-refractivity contribution in [3.8, 4) is 11.4 Å². The second kappa shape index (κ2) is 6.20. The first-order valence-corrected chi connectivity index (χ1v) is 8.48. The van der Waals surface area contributed by atoms with Crippen LogP contribution in [0.25, 0.3) is 5.69 Å². The van der Waals surface area contributed by atoms with E-state index in [-0.39, 0.29) is 11.7 Å². The molecule has 4 heteroatoms. The zero-order chi connectivity index (χ0) is 17.4. The molecule has 3 aromatic rings. The van der Waals surface area contributed by atoms with Crippen molar-refractivity contribution in [1.82, 2.24) is 9.78 Å². The van der Waals surface area contributed by atoms with Crippen LogP contribution in [0.4, 0.5) is 0 Å². The number of aryl methyl sites for hydroxylation is 1. The smallest absolute Gasteiger partial charge is 0.167 e. The lowest BCUT2D eigenvalue weighted by molar-refractivity contribution is 0.0963. The van der Waals surface area contributed by atoms with Gasteiger partial charge in [-0.05, 0) is 49.1 Å². The van der Waals surface area contributed by atoms with E-state index in [1.54, 1.807) is 7.11 Å². The number of aromatic nitrogens is 2.